The quantitative estimate of drug-likeness (QED) is 0.778. The molecule has 0 aliphatic carbocycles. The Morgan fingerprint density at radius 2 is 1.93 bits per heavy atom. The molecule has 2 nitrogen and oxygen atoms in total. The van der Waals surface area contributed by atoms with Gasteiger partial charge in [-0.05, 0) is 32.8 Å². The summed E-state index contributed by atoms with van der Waals surface area (Å²) < 4.78 is 5.81. The van der Waals surface area contributed by atoms with E-state index in [1.165, 1.54) is 0 Å². The standard InChI is InChI=1S/C12H18ClNO/c1-5-10(6-2)15-12-9(4)11(13)7-8(3)14-12/h7,10H,5-6H2,1-4H3. The van der Waals surface area contributed by atoms with E-state index in [2.05, 4.69) is 18.8 Å². The molecular formula is C12H18ClNO. The Balaban J connectivity index is 2.93. The van der Waals surface area contributed by atoms with E-state index in [4.69, 9.17) is 16.3 Å². The second-order valence-electron chi connectivity index (χ2n) is 3.73. The molecule has 0 aromatic carbocycles. The average Bonchev–Trinajstić information content (AvgIpc) is 2.21. The Labute approximate surface area is 96.6 Å². The van der Waals surface area contributed by atoms with E-state index in [1.54, 1.807) is 0 Å². The summed E-state index contributed by atoms with van der Waals surface area (Å²) in [5.74, 6) is 0.675. The third-order valence-corrected chi connectivity index (χ3v) is 2.87. The zero-order chi connectivity index (χ0) is 11.4. The van der Waals surface area contributed by atoms with Gasteiger partial charge in [-0.15, -0.1) is 0 Å². The van der Waals surface area contributed by atoms with Crippen molar-refractivity contribution in [3.8, 4) is 5.88 Å². The number of pyridine rings is 1. The molecule has 15 heavy (non-hydrogen) atoms. The van der Waals surface area contributed by atoms with Crippen LogP contribution in [0, 0.1) is 13.8 Å². The van der Waals surface area contributed by atoms with Crippen LogP contribution >= 0.6 is 11.6 Å². The molecule has 0 saturated heterocycles. The molecule has 0 radical (unpaired) electrons. The molecule has 84 valence electrons. The summed E-state index contributed by atoms with van der Waals surface area (Å²) in [6.45, 7) is 8.08. The van der Waals surface area contributed by atoms with Crippen LogP contribution < -0.4 is 4.74 Å². The van der Waals surface area contributed by atoms with Crippen LogP contribution in [0.1, 0.15) is 37.9 Å². The van der Waals surface area contributed by atoms with Gasteiger partial charge in [-0.3, -0.25) is 0 Å². The number of aromatic nitrogens is 1. The third-order valence-electron chi connectivity index (χ3n) is 2.48. The fraction of sp³-hybridized carbons (Fsp3) is 0.583. The van der Waals surface area contributed by atoms with E-state index in [0.29, 0.717) is 5.88 Å². The molecule has 0 atom stereocenters. The molecule has 0 amide bonds. The van der Waals surface area contributed by atoms with Crippen molar-refractivity contribution in [1.82, 2.24) is 4.98 Å². The summed E-state index contributed by atoms with van der Waals surface area (Å²) in [5.41, 5.74) is 1.82. The first kappa shape index (κ1) is 12.3. The zero-order valence-electron chi connectivity index (χ0n) is 9.80. The Morgan fingerprint density at radius 3 is 2.47 bits per heavy atom. The smallest absolute Gasteiger partial charge is 0.218 e. The first-order chi connectivity index (χ1) is 7.08. The van der Waals surface area contributed by atoms with Crippen LogP contribution in [0.25, 0.3) is 0 Å². The molecule has 0 aliphatic rings. The van der Waals surface area contributed by atoms with Crippen molar-refractivity contribution < 1.29 is 4.74 Å². The summed E-state index contributed by atoms with van der Waals surface area (Å²) in [7, 11) is 0. The maximum absolute atomic E-state index is 6.07. The van der Waals surface area contributed by atoms with Gasteiger partial charge in [-0.1, -0.05) is 25.4 Å². The van der Waals surface area contributed by atoms with Gasteiger partial charge in [0, 0.05) is 11.3 Å². The molecule has 0 N–H and O–H groups in total. The fourth-order valence-corrected chi connectivity index (χ4v) is 1.64. The van der Waals surface area contributed by atoms with Crippen LogP contribution in [0.5, 0.6) is 5.88 Å². The third kappa shape index (κ3) is 3.10. The highest BCUT2D eigenvalue weighted by Crippen LogP contribution is 2.25. The maximum Gasteiger partial charge on any atom is 0.218 e. The molecule has 1 rings (SSSR count). The number of aryl methyl sites for hydroxylation is 1. The largest absolute Gasteiger partial charge is 0.474 e. The van der Waals surface area contributed by atoms with Crippen LogP contribution in [-0.4, -0.2) is 11.1 Å². The lowest BCUT2D eigenvalue weighted by Crippen LogP contribution is -2.15. The van der Waals surface area contributed by atoms with Gasteiger partial charge in [0.2, 0.25) is 5.88 Å². The SMILES string of the molecule is CCC(CC)Oc1nc(C)cc(Cl)c1C. The Bertz CT molecular complexity index is 335. The van der Waals surface area contributed by atoms with E-state index in [1.807, 2.05) is 19.9 Å². The van der Waals surface area contributed by atoms with Gasteiger partial charge < -0.3 is 4.74 Å². The number of rotatable bonds is 4. The second kappa shape index (κ2) is 5.36. The van der Waals surface area contributed by atoms with Crippen molar-refractivity contribution in [1.29, 1.82) is 0 Å². The molecular weight excluding hydrogens is 210 g/mol. The highest BCUT2D eigenvalue weighted by atomic mass is 35.5. The van der Waals surface area contributed by atoms with Gasteiger partial charge in [0.05, 0.1) is 11.1 Å². The van der Waals surface area contributed by atoms with E-state index >= 15 is 0 Å². The van der Waals surface area contributed by atoms with E-state index in [9.17, 15) is 0 Å². The lowest BCUT2D eigenvalue weighted by molar-refractivity contribution is 0.183. The fourth-order valence-electron chi connectivity index (χ4n) is 1.40. The van der Waals surface area contributed by atoms with Gasteiger partial charge in [0.15, 0.2) is 0 Å². The van der Waals surface area contributed by atoms with Crippen LogP contribution in [0.15, 0.2) is 6.07 Å². The van der Waals surface area contributed by atoms with Crippen LogP contribution in [0.2, 0.25) is 5.02 Å². The zero-order valence-corrected chi connectivity index (χ0v) is 10.6. The summed E-state index contributed by atoms with van der Waals surface area (Å²) in [6.07, 6.45) is 2.21. The molecule has 1 heterocycles. The lowest BCUT2D eigenvalue weighted by Gasteiger charge is -2.17. The number of hydrogen-bond donors (Lipinski definition) is 0. The first-order valence-corrected chi connectivity index (χ1v) is 5.76. The number of ether oxygens (including phenoxy) is 1. The van der Waals surface area contributed by atoms with Gasteiger partial charge >= 0.3 is 0 Å². The second-order valence-corrected chi connectivity index (χ2v) is 4.14. The minimum Gasteiger partial charge on any atom is -0.474 e. The molecule has 0 saturated carbocycles. The van der Waals surface area contributed by atoms with E-state index in [-0.39, 0.29) is 6.10 Å². The van der Waals surface area contributed by atoms with Crippen molar-refractivity contribution in [3.63, 3.8) is 0 Å². The molecule has 1 aromatic rings. The van der Waals surface area contributed by atoms with Crippen molar-refractivity contribution in [3.05, 3.63) is 22.3 Å². The maximum atomic E-state index is 6.07. The number of nitrogens with zero attached hydrogens (tertiary/aromatic N) is 1. The van der Waals surface area contributed by atoms with Crippen molar-refractivity contribution in [2.45, 2.75) is 46.6 Å². The summed E-state index contributed by atoms with van der Waals surface area (Å²) in [4.78, 5) is 4.36. The molecule has 3 heteroatoms. The van der Waals surface area contributed by atoms with Gasteiger partial charge in [-0.25, -0.2) is 4.98 Å². The topological polar surface area (TPSA) is 22.1 Å². The molecule has 0 unspecified atom stereocenters. The van der Waals surface area contributed by atoms with E-state index in [0.717, 1.165) is 29.1 Å². The molecule has 0 bridgehead atoms. The van der Waals surface area contributed by atoms with Crippen LogP contribution in [0.4, 0.5) is 0 Å². The van der Waals surface area contributed by atoms with Crippen molar-refractivity contribution in [2.75, 3.05) is 0 Å². The van der Waals surface area contributed by atoms with Crippen LogP contribution in [-0.2, 0) is 0 Å². The van der Waals surface area contributed by atoms with Gasteiger partial charge in [0.1, 0.15) is 0 Å². The predicted molar refractivity (Wildman–Crippen MR) is 63.7 cm³/mol. The first-order valence-electron chi connectivity index (χ1n) is 5.38. The average molecular weight is 228 g/mol. The Kier molecular flexibility index (Phi) is 4.40. The molecule has 0 aliphatic heterocycles. The predicted octanol–water partition coefficient (Wildman–Crippen LogP) is 3.92. The van der Waals surface area contributed by atoms with Gasteiger partial charge in [-0.2, -0.15) is 0 Å². The van der Waals surface area contributed by atoms with Gasteiger partial charge in [0.25, 0.3) is 0 Å². The normalized spacial score (nSPS) is 10.8. The highest BCUT2D eigenvalue weighted by molar-refractivity contribution is 6.31. The Morgan fingerprint density at radius 1 is 1.33 bits per heavy atom. The van der Waals surface area contributed by atoms with Crippen LogP contribution in [0.3, 0.4) is 0 Å². The van der Waals surface area contributed by atoms with E-state index < -0.39 is 0 Å². The number of halogens is 1. The molecule has 0 fully saturated rings. The summed E-state index contributed by atoms with van der Waals surface area (Å²) in [6, 6.07) is 1.86. The summed E-state index contributed by atoms with van der Waals surface area (Å²) >= 11 is 6.07. The number of hydrogen-bond acceptors (Lipinski definition) is 2. The molecule has 0 spiro atoms. The van der Waals surface area contributed by atoms with Crippen molar-refractivity contribution in [2.24, 2.45) is 0 Å². The highest BCUT2D eigenvalue weighted by Gasteiger charge is 2.11. The minimum atomic E-state index is 0.231. The van der Waals surface area contributed by atoms with Crippen molar-refractivity contribution >= 4 is 11.6 Å². The summed E-state index contributed by atoms with van der Waals surface area (Å²) in [5, 5.41) is 0.725. The molecule has 1 aromatic heterocycles. The lowest BCUT2D eigenvalue weighted by atomic mass is 10.2. The Hall–Kier alpha value is -0.760. The minimum absolute atomic E-state index is 0.231. The monoisotopic (exact) mass is 227 g/mol.